The molecule has 1 aromatic carbocycles. The lowest BCUT2D eigenvalue weighted by Gasteiger charge is -2.12. The van der Waals surface area contributed by atoms with Crippen LogP contribution in [-0.2, 0) is 11.2 Å². The number of hydrogen-bond donors (Lipinski definition) is 2. The van der Waals surface area contributed by atoms with Crippen LogP contribution in [0.4, 0.5) is 5.69 Å². The van der Waals surface area contributed by atoms with E-state index < -0.39 is 5.97 Å². The smallest absolute Gasteiger partial charge is 0.303 e. The maximum Gasteiger partial charge on any atom is 0.303 e. The third kappa shape index (κ3) is 3.39. The highest BCUT2D eigenvalue weighted by Crippen LogP contribution is 2.24. The van der Waals surface area contributed by atoms with Crippen molar-refractivity contribution in [3.63, 3.8) is 0 Å². The van der Waals surface area contributed by atoms with Crippen LogP contribution in [0.15, 0.2) is 28.9 Å². The van der Waals surface area contributed by atoms with Gasteiger partial charge in [-0.25, -0.2) is 4.98 Å². The maximum atomic E-state index is 10.6. The fourth-order valence-corrected chi connectivity index (χ4v) is 2.31. The van der Waals surface area contributed by atoms with Gasteiger partial charge in [0.2, 0.25) is 0 Å². The van der Waals surface area contributed by atoms with Crippen LogP contribution in [-0.4, -0.2) is 35.1 Å². The number of carboxylic acid groups (broad SMARTS) is 1. The summed E-state index contributed by atoms with van der Waals surface area (Å²) in [5, 5.41) is 8.72. The Morgan fingerprint density at radius 3 is 2.55 bits per heavy atom. The number of rotatable bonds is 5. The molecule has 0 aliphatic carbocycles. The van der Waals surface area contributed by atoms with Crippen molar-refractivity contribution in [3.8, 4) is 11.4 Å². The molecule has 0 amide bonds. The summed E-state index contributed by atoms with van der Waals surface area (Å²) in [6.45, 7) is 0. The molecule has 0 atom stereocenters. The highest BCUT2D eigenvalue weighted by atomic mass is 79.9. The van der Waals surface area contributed by atoms with Gasteiger partial charge in [-0.15, -0.1) is 0 Å². The minimum Gasteiger partial charge on any atom is -0.481 e. The number of halogens is 1. The number of hydrogen-bond acceptors (Lipinski definition) is 3. The zero-order chi connectivity index (χ0) is 14.7. The molecule has 0 aliphatic rings. The number of nitrogens with zero attached hydrogens (tertiary/aromatic N) is 2. The Balaban J connectivity index is 2.20. The van der Waals surface area contributed by atoms with Crippen LogP contribution in [0.5, 0.6) is 0 Å². The van der Waals surface area contributed by atoms with Crippen LogP contribution in [0.3, 0.4) is 0 Å². The first-order valence-electron chi connectivity index (χ1n) is 6.21. The van der Waals surface area contributed by atoms with Gasteiger partial charge in [0.1, 0.15) is 10.4 Å². The molecule has 0 spiro atoms. The Bertz CT molecular complexity index is 605. The Morgan fingerprint density at radius 2 is 2.00 bits per heavy atom. The number of aromatic nitrogens is 2. The number of benzene rings is 1. The van der Waals surface area contributed by atoms with Gasteiger partial charge in [0, 0.05) is 31.8 Å². The molecule has 2 N–H and O–H groups in total. The van der Waals surface area contributed by atoms with Gasteiger partial charge in [-0.05, 0) is 40.2 Å². The van der Waals surface area contributed by atoms with Crippen molar-refractivity contribution in [2.75, 3.05) is 19.0 Å². The second kappa shape index (κ2) is 6.09. The van der Waals surface area contributed by atoms with Gasteiger partial charge in [-0.3, -0.25) is 4.79 Å². The number of carboxylic acids is 1. The molecule has 5 nitrogen and oxygen atoms in total. The van der Waals surface area contributed by atoms with Crippen LogP contribution in [0, 0.1) is 0 Å². The van der Waals surface area contributed by atoms with E-state index in [9.17, 15) is 4.79 Å². The molecule has 20 heavy (non-hydrogen) atoms. The number of H-pyrrole nitrogens is 1. The predicted molar refractivity (Wildman–Crippen MR) is 82.0 cm³/mol. The maximum absolute atomic E-state index is 10.6. The van der Waals surface area contributed by atoms with Crippen molar-refractivity contribution in [3.05, 3.63) is 34.6 Å². The van der Waals surface area contributed by atoms with Crippen molar-refractivity contribution in [1.82, 2.24) is 9.97 Å². The number of imidazole rings is 1. The van der Waals surface area contributed by atoms with E-state index in [2.05, 4.69) is 25.9 Å². The zero-order valence-electron chi connectivity index (χ0n) is 11.4. The highest BCUT2D eigenvalue weighted by Gasteiger charge is 2.11. The Morgan fingerprint density at radius 1 is 1.35 bits per heavy atom. The molecule has 0 unspecified atom stereocenters. The first kappa shape index (κ1) is 14.6. The first-order valence-corrected chi connectivity index (χ1v) is 7.00. The number of carbonyl (C=O) groups is 1. The van der Waals surface area contributed by atoms with Gasteiger partial charge in [0.25, 0.3) is 0 Å². The molecule has 1 heterocycles. The summed E-state index contributed by atoms with van der Waals surface area (Å²) < 4.78 is 0.672. The number of aromatic amines is 1. The zero-order valence-corrected chi connectivity index (χ0v) is 12.9. The Kier molecular flexibility index (Phi) is 4.44. The highest BCUT2D eigenvalue weighted by molar-refractivity contribution is 9.10. The molecule has 0 aliphatic heterocycles. The number of aryl methyl sites for hydroxylation is 1. The molecule has 0 radical (unpaired) electrons. The summed E-state index contributed by atoms with van der Waals surface area (Å²) in [5.74, 6) is -0.0778. The molecule has 106 valence electrons. The fraction of sp³-hybridized carbons (Fsp3) is 0.286. The lowest BCUT2D eigenvalue weighted by atomic mass is 10.2. The van der Waals surface area contributed by atoms with Crippen molar-refractivity contribution in [2.24, 2.45) is 0 Å². The van der Waals surface area contributed by atoms with Crippen LogP contribution in [0.1, 0.15) is 12.1 Å². The van der Waals surface area contributed by atoms with E-state index in [0.29, 0.717) is 11.0 Å². The average molecular weight is 338 g/mol. The number of nitrogens with one attached hydrogen (secondary N) is 1. The minimum absolute atomic E-state index is 0.0831. The summed E-state index contributed by atoms with van der Waals surface area (Å²) in [6.07, 6.45) is 0.512. The monoisotopic (exact) mass is 337 g/mol. The molecule has 1 aromatic heterocycles. The van der Waals surface area contributed by atoms with E-state index in [1.165, 1.54) is 0 Å². The molecule has 0 saturated heterocycles. The van der Waals surface area contributed by atoms with Crippen molar-refractivity contribution in [2.45, 2.75) is 12.8 Å². The van der Waals surface area contributed by atoms with Crippen LogP contribution < -0.4 is 4.90 Å². The SMILES string of the molecule is CN(C)c1ccc(-c2nc(Br)c(CCC(=O)O)[nH]2)cc1. The van der Waals surface area contributed by atoms with Gasteiger partial charge in [-0.1, -0.05) is 0 Å². The van der Waals surface area contributed by atoms with Gasteiger partial charge < -0.3 is 15.0 Å². The second-order valence-electron chi connectivity index (χ2n) is 4.69. The van der Waals surface area contributed by atoms with Crippen molar-refractivity contribution >= 4 is 27.6 Å². The normalized spacial score (nSPS) is 10.6. The van der Waals surface area contributed by atoms with Crippen molar-refractivity contribution in [1.29, 1.82) is 0 Å². The Labute approximate surface area is 125 Å². The molecule has 2 rings (SSSR count). The molecular weight excluding hydrogens is 322 g/mol. The number of aliphatic carboxylic acids is 1. The molecule has 0 fully saturated rings. The topological polar surface area (TPSA) is 69.2 Å². The molecular formula is C14H16BrN3O2. The van der Waals surface area contributed by atoms with E-state index in [0.717, 1.165) is 22.8 Å². The molecule has 0 saturated carbocycles. The van der Waals surface area contributed by atoms with E-state index >= 15 is 0 Å². The van der Waals surface area contributed by atoms with E-state index in [1.54, 1.807) is 0 Å². The van der Waals surface area contributed by atoms with Gasteiger partial charge in [0.15, 0.2) is 0 Å². The Hall–Kier alpha value is -1.82. The van der Waals surface area contributed by atoms with Gasteiger partial charge >= 0.3 is 5.97 Å². The van der Waals surface area contributed by atoms with E-state index in [1.807, 2.05) is 43.3 Å². The van der Waals surface area contributed by atoms with Crippen LogP contribution in [0.25, 0.3) is 11.4 Å². The molecule has 6 heteroatoms. The quantitative estimate of drug-likeness (QED) is 0.880. The van der Waals surface area contributed by atoms with Gasteiger partial charge in [-0.2, -0.15) is 0 Å². The summed E-state index contributed by atoms with van der Waals surface area (Å²) in [4.78, 5) is 20.2. The summed E-state index contributed by atoms with van der Waals surface area (Å²) in [5.41, 5.74) is 2.89. The standard InChI is InChI=1S/C14H16BrN3O2/c1-18(2)10-5-3-9(4-6-10)14-16-11(13(15)17-14)7-8-12(19)20/h3-6H,7-8H2,1-2H3,(H,16,17)(H,19,20). The lowest BCUT2D eigenvalue weighted by Crippen LogP contribution is -2.07. The summed E-state index contributed by atoms with van der Waals surface area (Å²) in [6, 6.07) is 8.01. The van der Waals surface area contributed by atoms with Crippen molar-refractivity contribution < 1.29 is 9.90 Å². The molecule has 0 bridgehead atoms. The first-order chi connectivity index (χ1) is 9.47. The predicted octanol–water partition coefficient (Wildman–Crippen LogP) is 2.92. The van der Waals surface area contributed by atoms with Gasteiger partial charge in [0.05, 0.1) is 12.1 Å². The number of anilines is 1. The third-order valence-corrected chi connectivity index (χ3v) is 3.63. The second-order valence-corrected chi connectivity index (χ2v) is 5.44. The third-order valence-electron chi connectivity index (χ3n) is 2.97. The van der Waals surface area contributed by atoms with Crippen LogP contribution in [0.2, 0.25) is 0 Å². The fourth-order valence-electron chi connectivity index (χ4n) is 1.84. The summed E-state index contributed by atoms with van der Waals surface area (Å²) in [7, 11) is 3.98. The average Bonchev–Trinajstić information content (AvgIpc) is 2.78. The van der Waals surface area contributed by atoms with E-state index in [4.69, 9.17) is 5.11 Å². The summed E-state index contributed by atoms with van der Waals surface area (Å²) >= 11 is 3.36. The molecule has 2 aromatic rings. The lowest BCUT2D eigenvalue weighted by molar-refractivity contribution is -0.136. The largest absolute Gasteiger partial charge is 0.481 e. The van der Waals surface area contributed by atoms with Crippen LogP contribution >= 0.6 is 15.9 Å². The minimum atomic E-state index is -0.816. The van der Waals surface area contributed by atoms with E-state index in [-0.39, 0.29) is 6.42 Å².